The van der Waals surface area contributed by atoms with Crippen LogP contribution in [-0.2, 0) is 25.2 Å². The van der Waals surface area contributed by atoms with E-state index in [1.54, 1.807) is 4.90 Å². The molecule has 0 bridgehead atoms. The Kier molecular flexibility index (Phi) is 7.03. The summed E-state index contributed by atoms with van der Waals surface area (Å²) in [5.41, 5.74) is 7.56. The van der Waals surface area contributed by atoms with Crippen LogP contribution in [0.3, 0.4) is 0 Å². The molecule has 1 atom stereocenters. The van der Waals surface area contributed by atoms with Gasteiger partial charge >= 0.3 is 12.4 Å². The molecule has 12 heteroatoms. The van der Waals surface area contributed by atoms with Crippen molar-refractivity contribution < 1.29 is 26.3 Å². The fourth-order valence-corrected chi connectivity index (χ4v) is 4.92. The van der Waals surface area contributed by atoms with E-state index in [4.69, 9.17) is 5.73 Å². The molecule has 208 valence electrons. The molecule has 2 aromatic heterocycles. The van der Waals surface area contributed by atoms with Gasteiger partial charge in [0.15, 0.2) is 0 Å². The van der Waals surface area contributed by atoms with Crippen molar-refractivity contribution in [3.05, 3.63) is 100 Å². The smallest absolute Gasteiger partial charge is 0.368 e. The summed E-state index contributed by atoms with van der Waals surface area (Å²) in [4.78, 5) is 14.5. The second kappa shape index (κ2) is 10.3. The lowest BCUT2D eigenvalue weighted by atomic mass is 9.97. The number of nitrogens with zero attached hydrogens (tertiary/aromatic N) is 4. The zero-order valence-electron chi connectivity index (χ0n) is 21.2. The van der Waals surface area contributed by atoms with Gasteiger partial charge in [-0.25, -0.2) is 9.97 Å². The first kappa shape index (κ1) is 27.2. The normalized spacial score (nSPS) is 15.9. The quantitative estimate of drug-likeness (QED) is 0.266. The fraction of sp³-hybridized carbons (Fsp3) is 0.250. The molecule has 4 aromatic rings. The highest BCUT2D eigenvalue weighted by atomic mass is 19.4. The summed E-state index contributed by atoms with van der Waals surface area (Å²) in [7, 11) is 0. The molecule has 1 aliphatic heterocycles. The largest absolute Gasteiger partial charge is 0.419 e. The number of aryl methyl sites for hydroxylation is 1. The van der Waals surface area contributed by atoms with Gasteiger partial charge in [0.1, 0.15) is 11.6 Å². The van der Waals surface area contributed by atoms with Gasteiger partial charge < -0.3 is 16.0 Å². The molecular formula is C28H24F6N6. The van der Waals surface area contributed by atoms with Gasteiger partial charge in [0, 0.05) is 30.4 Å². The minimum Gasteiger partial charge on any atom is -0.368 e. The number of anilines is 4. The van der Waals surface area contributed by atoms with E-state index in [2.05, 4.69) is 20.3 Å². The van der Waals surface area contributed by atoms with Gasteiger partial charge in [-0.1, -0.05) is 29.8 Å². The van der Waals surface area contributed by atoms with Crippen molar-refractivity contribution in [3.63, 3.8) is 0 Å². The van der Waals surface area contributed by atoms with E-state index in [0.29, 0.717) is 16.9 Å². The SMILES string of the molecule is Cc1cccc(C2Cc3nc(N)nc(Nc4ccc(C(F)(F)F)cc4)c3CCN2c2ncccc2C(F)(F)F)c1. The molecule has 3 N–H and O–H groups in total. The molecule has 3 heterocycles. The molecule has 0 spiro atoms. The maximum Gasteiger partial charge on any atom is 0.419 e. The van der Waals surface area contributed by atoms with Crippen LogP contribution in [0.15, 0.2) is 66.9 Å². The van der Waals surface area contributed by atoms with Crippen LogP contribution >= 0.6 is 0 Å². The number of nitrogen functional groups attached to an aromatic ring is 1. The standard InChI is InChI=1S/C28H24F6N6/c1-16-4-2-5-17(14-16)23-15-22-20(11-13-40(23)25-21(28(32,33)34)6-3-12-36-25)24(39-26(35)38-22)37-19-9-7-18(8-10-19)27(29,30)31/h2-10,12,14,23H,11,13,15H2,1H3,(H3,35,37,38,39). The van der Waals surface area contributed by atoms with Gasteiger partial charge in [-0.05, 0) is 55.3 Å². The van der Waals surface area contributed by atoms with Gasteiger partial charge in [0.25, 0.3) is 0 Å². The number of pyridine rings is 1. The Labute approximate surface area is 225 Å². The highest BCUT2D eigenvalue weighted by Crippen LogP contribution is 2.41. The summed E-state index contributed by atoms with van der Waals surface area (Å²) in [6.45, 7) is 2.04. The number of benzene rings is 2. The second-order valence-electron chi connectivity index (χ2n) is 9.51. The molecule has 0 saturated heterocycles. The lowest BCUT2D eigenvalue weighted by Gasteiger charge is -2.33. The van der Waals surface area contributed by atoms with Crippen LogP contribution in [-0.4, -0.2) is 21.5 Å². The van der Waals surface area contributed by atoms with Gasteiger partial charge in [-0.3, -0.25) is 0 Å². The molecule has 40 heavy (non-hydrogen) atoms. The molecule has 5 rings (SSSR count). The minimum atomic E-state index is -4.63. The summed E-state index contributed by atoms with van der Waals surface area (Å²) in [5, 5.41) is 3.02. The average molecular weight is 559 g/mol. The van der Waals surface area contributed by atoms with Gasteiger partial charge in [0.05, 0.1) is 22.9 Å². The van der Waals surface area contributed by atoms with Crippen LogP contribution in [0.25, 0.3) is 0 Å². The Morgan fingerprint density at radius 3 is 2.35 bits per heavy atom. The number of nitrogens with one attached hydrogen (secondary N) is 1. The molecule has 0 saturated carbocycles. The third kappa shape index (κ3) is 5.65. The van der Waals surface area contributed by atoms with Crippen LogP contribution in [0.4, 0.5) is 49.6 Å². The summed E-state index contributed by atoms with van der Waals surface area (Å²) in [6, 6.07) is 13.6. The number of hydrogen-bond acceptors (Lipinski definition) is 6. The van der Waals surface area contributed by atoms with E-state index in [1.807, 2.05) is 31.2 Å². The van der Waals surface area contributed by atoms with Crippen molar-refractivity contribution in [1.29, 1.82) is 0 Å². The van der Waals surface area contributed by atoms with Crippen LogP contribution in [0.2, 0.25) is 0 Å². The van der Waals surface area contributed by atoms with Crippen molar-refractivity contribution in [2.45, 2.75) is 38.2 Å². The molecule has 2 aromatic carbocycles. The maximum absolute atomic E-state index is 14.0. The first-order chi connectivity index (χ1) is 18.9. The minimum absolute atomic E-state index is 0.0709. The number of hydrogen-bond donors (Lipinski definition) is 2. The summed E-state index contributed by atoms with van der Waals surface area (Å²) < 4.78 is 81.1. The van der Waals surface area contributed by atoms with Gasteiger partial charge in [0.2, 0.25) is 5.95 Å². The summed E-state index contributed by atoms with van der Waals surface area (Å²) in [5.74, 6) is 0.00933. The lowest BCUT2D eigenvalue weighted by molar-refractivity contribution is -0.138. The highest BCUT2D eigenvalue weighted by molar-refractivity contribution is 5.63. The van der Waals surface area contributed by atoms with Crippen molar-refractivity contribution in [2.75, 3.05) is 22.5 Å². The van der Waals surface area contributed by atoms with E-state index < -0.39 is 29.5 Å². The molecule has 1 unspecified atom stereocenters. The molecule has 0 fully saturated rings. The van der Waals surface area contributed by atoms with E-state index in [9.17, 15) is 26.3 Å². The van der Waals surface area contributed by atoms with Crippen LogP contribution in [0.1, 0.15) is 39.6 Å². The second-order valence-corrected chi connectivity index (χ2v) is 9.51. The Balaban J connectivity index is 1.58. The van der Waals surface area contributed by atoms with Gasteiger partial charge in [-0.15, -0.1) is 0 Å². The summed E-state index contributed by atoms with van der Waals surface area (Å²) in [6.07, 6.45) is -7.36. The van der Waals surface area contributed by atoms with Crippen molar-refractivity contribution in [1.82, 2.24) is 15.0 Å². The highest BCUT2D eigenvalue weighted by Gasteiger charge is 2.38. The Hall–Kier alpha value is -4.35. The van der Waals surface area contributed by atoms with E-state index in [0.717, 1.165) is 29.3 Å². The van der Waals surface area contributed by atoms with Crippen molar-refractivity contribution in [3.8, 4) is 0 Å². The van der Waals surface area contributed by atoms with Crippen LogP contribution < -0.4 is 16.0 Å². The number of alkyl halides is 6. The number of fused-ring (bicyclic) bond motifs is 1. The molecule has 0 amide bonds. The third-order valence-corrected chi connectivity index (χ3v) is 6.74. The summed E-state index contributed by atoms with van der Waals surface area (Å²) >= 11 is 0. The number of rotatable bonds is 4. The third-order valence-electron chi connectivity index (χ3n) is 6.74. The Bertz CT molecular complexity index is 1520. The molecule has 6 nitrogen and oxygen atoms in total. The zero-order valence-corrected chi connectivity index (χ0v) is 21.2. The van der Waals surface area contributed by atoms with Crippen LogP contribution in [0, 0.1) is 6.92 Å². The average Bonchev–Trinajstić information content (AvgIpc) is 3.08. The predicted molar refractivity (Wildman–Crippen MR) is 139 cm³/mol. The number of halogens is 6. The zero-order chi connectivity index (χ0) is 28.7. The molecular weight excluding hydrogens is 534 g/mol. The predicted octanol–water partition coefficient (Wildman–Crippen LogP) is 6.89. The first-order valence-corrected chi connectivity index (χ1v) is 12.3. The first-order valence-electron chi connectivity index (χ1n) is 12.3. The van der Waals surface area contributed by atoms with Crippen molar-refractivity contribution in [2.24, 2.45) is 0 Å². The van der Waals surface area contributed by atoms with Crippen LogP contribution in [0.5, 0.6) is 0 Å². The van der Waals surface area contributed by atoms with E-state index in [1.165, 1.54) is 24.4 Å². The monoisotopic (exact) mass is 558 g/mol. The van der Waals surface area contributed by atoms with Gasteiger partial charge in [-0.2, -0.15) is 31.3 Å². The Morgan fingerprint density at radius 2 is 1.68 bits per heavy atom. The molecule has 0 radical (unpaired) electrons. The topological polar surface area (TPSA) is 80.0 Å². The number of nitrogens with two attached hydrogens (primary N) is 1. The number of aromatic nitrogens is 3. The fourth-order valence-electron chi connectivity index (χ4n) is 4.92. The lowest BCUT2D eigenvalue weighted by Crippen LogP contribution is -2.33. The van der Waals surface area contributed by atoms with Crippen molar-refractivity contribution >= 4 is 23.3 Å². The van der Waals surface area contributed by atoms with E-state index >= 15 is 0 Å². The van der Waals surface area contributed by atoms with E-state index in [-0.39, 0.29) is 37.0 Å². The maximum atomic E-state index is 14.0. The Morgan fingerprint density at radius 1 is 0.925 bits per heavy atom. The molecule has 0 aliphatic carbocycles. The molecule has 1 aliphatic rings.